The van der Waals surface area contributed by atoms with Crippen LogP contribution in [-0.2, 0) is 12.8 Å². The summed E-state index contributed by atoms with van der Waals surface area (Å²) in [7, 11) is 0. The van der Waals surface area contributed by atoms with Crippen molar-refractivity contribution in [1.29, 1.82) is 0 Å². The molecule has 0 radical (unpaired) electrons. The summed E-state index contributed by atoms with van der Waals surface area (Å²) >= 11 is 6.23. The number of aryl methyl sites for hydroxylation is 1. The Bertz CT molecular complexity index is 802. The molecule has 0 fully saturated rings. The average molecular weight is 390 g/mol. The second-order valence-electron chi connectivity index (χ2n) is 7.94. The molecule has 146 valence electrons. The predicted octanol–water partition coefficient (Wildman–Crippen LogP) is 3.05. The Morgan fingerprint density at radius 2 is 2.00 bits per heavy atom. The van der Waals surface area contributed by atoms with Crippen LogP contribution in [0, 0.1) is 6.92 Å². The number of nitrogens with one attached hydrogen (secondary N) is 1. The molecule has 0 aliphatic heterocycles. The van der Waals surface area contributed by atoms with Gasteiger partial charge in [-0.2, -0.15) is 0 Å². The number of halogens is 1. The second kappa shape index (κ2) is 8.83. The van der Waals surface area contributed by atoms with E-state index >= 15 is 0 Å². The molecule has 2 unspecified atom stereocenters. The molecule has 2 rings (SSSR count). The van der Waals surface area contributed by atoms with Crippen LogP contribution in [0.15, 0.2) is 36.5 Å². The summed E-state index contributed by atoms with van der Waals surface area (Å²) in [6.07, 6.45) is 1.40. The first-order chi connectivity index (χ1) is 12.6. The molecule has 1 heterocycles. The minimum Gasteiger partial charge on any atom is -0.391 e. The number of nitrogens with two attached hydrogens (primary N) is 1. The number of amides is 1. The van der Waals surface area contributed by atoms with Crippen LogP contribution in [0.5, 0.6) is 0 Å². The SMILES string of the molecule is Cc1ccc(Cl)c(CC(N)C(O)Cc2ncccc2C(=O)NC(C)(C)C)c1. The Hall–Kier alpha value is -1.95. The van der Waals surface area contributed by atoms with Crippen molar-refractivity contribution in [3.63, 3.8) is 0 Å². The average Bonchev–Trinajstić information content (AvgIpc) is 2.57. The minimum absolute atomic E-state index is 0.193. The highest BCUT2D eigenvalue weighted by molar-refractivity contribution is 6.31. The first-order valence-electron chi connectivity index (χ1n) is 9.02. The van der Waals surface area contributed by atoms with E-state index in [2.05, 4.69) is 10.3 Å². The Balaban J connectivity index is 2.12. The van der Waals surface area contributed by atoms with Crippen LogP contribution in [0.3, 0.4) is 0 Å². The summed E-state index contributed by atoms with van der Waals surface area (Å²) in [5, 5.41) is 14.1. The zero-order valence-electron chi connectivity index (χ0n) is 16.3. The van der Waals surface area contributed by atoms with Gasteiger partial charge in [0.15, 0.2) is 0 Å². The van der Waals surface area contributed by atoms with Crippen LogP contribution in [-0.4, -0.2) is 33.7 Å². The third kappa shape index (κ3) is 6.31. The van der Waals surface area contributed by atoms with Crippen molar-refractivity contribution < 1.29 is 9.90 Å². The number of aromatic nitrogens is 1. The van der Waals surface area contributed by atoms with Crippen LogP contribution in [0.4, 0.5) is 0 Å². The van der Waals surface area contributed by atoms with E-state index in [1.165, 1.54) is 0 Å². The van der Waals surface area contributed by atoms with Crippen LogP contribution in [0.1, 0.15) is 48.0 Å². The van der Waals surface area contributed by atoms with Gasteiger partial charge in [-0.3, -0.25) is 9.78 Å². The molecule has 1 aromatic carbocycles. The van der Waals surface area contributed by atoms with Gasteiger partial charge in [-0.1, -0.05) is 29.3 Å². The number of hydrogen-bond acceptors (Lipinski definition) is 4. The molecular formula is C21H28ClN3O2. The molecule has 0 spiro atoms. The monoisotopic (exact) mass is 389 g/mol. The van der Waals surface area contributed by atoms with Crippen LogP contribution in [0.25, 0.3) is 0 Å². The Labute approximate surface area is 166 Å². The van der Waals surface area contributed by atoms with Gasteiger partial charge < -0.3 is 16.2 Å². The molecule has 6 heteroatoms. The van der Waals surface area contributed by atoms with E-state index in [1.54, 1.807) is 18.3 Å². The highest BCUT2D eigenvalue weighted by atomic mass is 35.5. The molecule has 2 atom stereocenters. The fraction of sp³-hybridized carbons (Fsp3) is 0.429. The number of hydrogen-bond donors (Lipinski definition) is 3. The molecule has 0 saturated heterocycles. The van der Waals surface area contributed by atoms with Crippen molar-refractivity contribution >= 4 is 17.5 Å². The first kappa shape index (κ1) is 21.4. The van der Waals surface area contributed by atoms with Gasteiger partial charge in [-0.05, 0) is 57.9 Å². The van der Waals surface area contributed by atoms with Gasteiger partial charge in [0.05, 0.1) is 17.4 Å². The summed E-state index contributed by atoms with van der Waals surface area (Å²) in [6.45, 7) is 7.72. The van der Waals surface area contributed by atoms with Crippen molar-refractivity contribution in [2.75, 3.05) is 0 Å². The van der Waals surface area contributed by atoms with Crippen molar-refractivity contribution in [3.05, 3.63) is 63.9 Å². The Morgan fingerprint density at radius 3 is 2.67 bits per heavy atom. The number of aliphatic hydroxyl groups excluding tert-OH is 1. The van der Waals surface area contributed by atoms with E-state index in [-0.39, 0.29) is 17.9 Å². The van der Waals surface area contributed by atoms with Crippen LogP contribution in [0.2, 0.25) is 5.02 Å². The number of rotatable bonds is 6. The maximum atomic E-state index is 12.5. The lowest BCUT2D eigenvalue weighted by molar-refractivity contribution is 0.0916. The van der Waals surface area contributed by atoms with E-state index in [0.29, 0.717) is 22.7 Å². The molecule has 1 aromatic heterocycles. The summed E-state index contributed by atoms with van der Waals surface area (Å²) in [6, 6.07) is 8.63. The molecule has 4 N–H and O–H groups in total. The van der Waals surface area contributed by atoms with E-state index in [4.69, 9.17) is 17.3 Å². The van der Waals surface area contributed by atoms with Crippen molar-refractivity contribution in [2.24, 2.45) is 5.73 Å². The van der Waals surface area contributed by atoms with Gasteiger partial charge in [0.2, 0.25) is 0 Å². The Kier molecular flexibility index (Phi) is 6.98. The van der Waals surface area contributed by atoms with Gasteiger partial charge in [0.25, 0.3) is 5.91 Å². The van der Waals surface area contributed by atoms with Crippen LogP contribution >= 0.6 is 11.6 Å². The molecular weight excluding hydrogens is 362 g/mol. The maximum absolute atomic E-state index is 12.5. The standard InChI is InChI=1S/C21H28ClN3O2/c1-13-7-8-16(22)14(10-13)11-17(23)19(26)12-18-15(6-5-9-24-18)20(27)25-21(2,3)4/h5-10,17,19,26H,11-12,23H2,1-4H3,(H,25,27). The number of carbonyl (C=O) groups excluding carboxylic acids is 1. The maximum Gasteiger partial charge on any atom is 0.253 e. The smallest absolute Gasteiger partial charge is 0.253 e. The predicted molar refractivity (Wildman–Crippen MR) is 109 cm³/mol. The molecule has 0 bridgehead atoms. The normalized spacial score (nSPS) is 13.9. The minimum atomic E-state index is -0.849. The molecule has 0 saturated carbocycles. The van der Waals surface area contributed by atoms with Crippen LogP contribution < -0.4 is 11.1 Å². The van der Waals surface area contributed by atoms with Crippen molar-refractivity contribution in [1.82, 2.24) is 10.3 Å². The Morgan fingerprint density at radius 1 is 1.30 bits per heavy atom. The number of pyridine rings is 1. The highest BCUT2D eigenvalue weighted by Gasteiger charge is 2.23. The fourth-order valence-corrected chi connectivity index (χ4v) is 3.01. The molecule has 2 aromatic rings. The molecule has 1 amide bonds. The highest BCUT2D eigenvalue weighted by Crippen LogP contribution is 2.20. The number of nitrogens with zero attached hydrogens (tertiary/aromatic N) is 1. The lowest BCUT2D eigenvalue weighted by Crippen LogP contribution is -2.42. The van der Waals surface area contributed by atoms with Crippen molar-refractivity contribution in [2.45, 2.75) is 58.2 Å². The second-order valence-corrected chi connectivity index (χ2v) is 8.34. The summed E-state index contributed by atoms with van der Waals surface area (Å²) in [5.74, 6) is -0.215. The molecule has 0 aliphatic rings. The summed E-state index contributed by atoms with van der Waals surface area (Å²) in [5.41, 5.74) is 8.81. The lowest BCUT2D eigenvalue weighted by Gasteiger charge is -2.23. The third-order valence-electron chi connectivity index (χ3n) is 4.18. The number of benzene rings is 1. The number of carbonyl (C=O) groups is 1. The topological polar surface area (TPSA) is 88.2 Å². The first-order valence-corrected chi connectivity index (χ1v) is 9.39. The molecule has 5 nitrogen and oxygen atoms in total. The summed E-state index contributed by atoms with van der Waals surface area (Å²) < 4.78 is 0. The fourth-order valence-electron chi connectivity index (χ4n) is 2.81. The zero-order chi connectivity index (χ0) is 20.2. The van der Waals surface area contributed by atoms with E-state index in [1.807, 2.05) is 45.9 Å². The van der Waals surface area contributed by atoms with Gasteiger partial charge in [-0.25, -0.2) is 0 Å². The number of aliphatic hydroxyl groups is 1. The van der Waals surface area contributed by atoms with Gasteiger partial charge in [0.1, 0.15) is 0 Å². The van der Waals surface area contributed by atoms with Gasteiger partial charge >= 0.3 is 0 Å². The molecule has 27 heavy (non-hydrogen) atoms. The summed E-state index contributed by atoms with van der Waals surface area (Å²) in [4.78, 5) is 16.8. The van der Waals surface area contributed by atoms with Gasteiger partial charge in [0, 0.05) is 29.2 Å². The van der Waals surface area contributed by atoms with Crippen molar-refractivity contribution in [3.8, 4) is 0 Å². The third-order valence-corrected chi connectivity index (χ3v) is 4.55. The van der Waals surface area contributed by atoms with E-state index < -0.39 is 12.1 Å². The largest absolute Gasteiger partial charge is 0.391 e. The van der Waals surface area contributed by atoms with E-state index in [9.17, 15) is 9.90 Å². The zero-order valence-corrected chi connectivity index (χ0v) is 17.0. The van der Waals surface area contributed by atoms with E-state index in [0.717, 1.165) is 11.1 Å². The van der Waals surface area contributed by atoms with Gasteiger partial charge in [-0.15, -0.1) is 0 Å². The quantitative estimate of drug-likeness (QED) is 0.708. The molecule has 0 aliphatic carbocycles. The lowest BCUT2D eigenvalue weighted by atomic mass is 9.96.